The Morgan fingerprint density at radius 1 is 1.11 bits per heavy atom. The number of ether oxygens (including phenoxy) is 2. The van der Waals surface area contributed by atoms with Crippen LogP contribution in [0.15, 0.2) is 59.7 Å². The standard InChI is InChI=1S/C21H17N3O4/c1-27-13-6-7-15-17(10-13)24(20(25)18(19(15)22)21(26)28-2)16-5-3-4-12-11-23-9-8-14(12)16/h3-11H,22H2,1-2H3. The highest BCUT2D eigenvalue weighted by Gasteiger charge is 2.23. The number of nitrogen functional groups attached to an aromatic ring is 1. The lowest BCUT2D eigenvalue weighted by molar-refractivity contribution is 0.0600. The van der Waals surface area contributed by atoms with Gasteiger partial charge in [0, 0.05) is 34.6 Å². The molecule has 0 aliphatic carbocycles. The normalized spacial score (nSPS) is 10.9. The van der Waals surface area contributed by atoms with Crippen molar-refractivity contribution in [2.75, 3.05) is 20.0 Å². The van der Waals surface area contributed by atoms with E-state index in [1.807, 2.05) is 18.2 Å². The van der Waals surface area contributed by atoms with Crippen molar-refractivity contribution in [1.29, 1.82) is 0 Å². The van der Waals surface area contributed by atoms with E-state index in [0.717, 1.165) is 10.8 Å². The summed E-state index contributed by atoms with van der Waals surface area (Å²) in [6.07, 6.45) is 3.36. The summed E-state index contributed by atoms with van der Waals surface area (Å²) < 4.78 is 11.6. The summed E-state index contributed by atoms with van der Waals surface area (Å²) in [5, 5.41) is 2.22. The average Bonchev–Trinajstić information content (AvgIpc) is 2.73. The first kappa shape index (κ1) is 17.5. The molecule has 0 unspecified atom stereocenters. The quantitative estimate of drug-likeness (QED) is 0.553. The molecule has 0 saturated heterocycles. The minimum Gasteiger partial charge on any atom is -0.497 e. The number of rotatable bonds is 3. The molecule has 140 valence electrons. The molecule has 0 saturated carbocycles. The van der Waals surface area contributed by atoms with E-state index in [9.17, 15) is 9.59 Å². The molecule has 0 fully saturated rings. The minimum atomic E-state index is -0.782. The predicted molar refractivity (Wildman–Crippen MR) is 107 cm³/mol. The van der Waals surface area contributed by atoms with Crippen molar-refractivity contribution in [1.82, 2.24) is 9.55 Å². The number of methoxy groups -OCH3 is 2. The van der Waals surface area contributed by atoms with Gasteiger partial charge in [-0.05, 0) is 24.3 Å². The number of fused-ring (bicyclic) bond motifs is 2. The smallest absolute Gasteiger partial charge is 0.345 e. The second-order valence-corrected chi connectivity index (χ2v) is 6.18. The SMILES string of the molecule is COC(=O)c1c(N)c2ccc(OC)cc2n(-c2cccc3cnccc23)c1=O. The number of pyridine rings is 2. The van der Waals surface area contributed by atoms with Gasteiger partial charge in [0.15, 0.2) is 0 Å². The van der Waals surface area contributed by atoms with Gasteiger partial charge in [0.1, 0.15) is 11.3 Å². The predicted octanol–water partition coefficient (Wildman–Crippen LogP) is 2.92. The van der Waals surface area contributed by atoms with Crippen LogP contribution in [0.3, 0.4) is 0 Å². The summed E-state index contributed by atoms with van der Waals surface area (Å²) in [6.45, 7) is 0. The van der Waals surface area contributed by atoms with E-state index < -0.39 is 11.5 Å². The molecule has 2 aromatic carbocycles. The fourth-order valence-electron chi connectivity index (χ4n) is 3.36. The maximum Gasteiger partial charge on any atom is 0.345 e. The third-order valence-corrected chi connectivity index (χ3v) is 4.71. The summed E-state index contributed by atoms with van der Waals surface area (Å²) in [5.74, 6) is -0.219. The third-order valence-electron chi connectivity index (χ3n) is 4.71. The van der Waals surface area contributed by atoms with Crippen LogP contribution >= 0.6 is 0 Å². The lowest BCUT2D eigenvalue weighted by Gasteiger charge is -2.17. The van der Waals surface area contributed by atoms with Crippen LogP contribution in [0.1, 0.15) is 10.4 Å². The average molecular weight is 375 g/mol. The Morgan fingerprint density at radius 2 is 1.93 bits per heavy atom. The number of nitrogens with two attached hydrogens (primary N) is 1. The monoisotopic (exact) mass is 375 g/mol. The maximum atomic E-state index is 13.4. The summed E-state index contributed by atoms with van der Waals surface area (Å²) in [5.41, 5.74) is 6.63. The Morgan fingerprint density at radius 3 is 2.68 bits per heavy atom. The Balaban J connectivity index is 2.23. The molecule has 28 heavy (non-hydrogen) atoms. The van der Waals surface area contributed by atoms with Gasteiger partial charge in [-0.2, -0.15) is 0 Å². The van der Waals surface area contributed by atoms with Crippen molar-refractivity contribution < 1.29 is 14.3 Å². The van der Waals surface area contributed by atoms with Gasteiger partial charge in [0.25, 0.3) is 5.56 Å². The summed E-state index contributed by atoms with van der Waals surface area (Å²) in [7, 11) is 2.76. The number of anilines is 1. The molecule has 7 nitrogen and oxygen atoms in total. The van der Waals surface area contributed by atoms with Gasteiger partial charge in [-0.25, -0.2) is 4.79 Å². The zero-order valence-corrected chi connectivity index (χ0v) is 15.3. The lowest BCUT2D eigenvalue weighted by atomic mass is 10.1. The van der Waals surface area contributed by atoms with Crippen molar-refractivity contribution in [2.24, 2.45) is 0 Å². The molecule has 0 aliphatic heterocycles. The zero-order valence-electron chi connectivity index (χ0n) is 15.3. The van der Waals surface area contributed by atoms with E-state index in [2.05, 4.69) is 4.98 Å². The minimum absolute atomic E-state index is 0.0765. The number of esters is 1. The Labute approximate surface area is 159 Å². The molecule has 4 aromatic rings. The fraction of sp³-hybridized carbons (Fsp3) is 0.0952. The number of benzene rings is 2. The molecular weight excluding hydrogens is 358 g/mol. The second-order valence-electron chi connectivity index (χ2n) is 6.18. The number of hydrogen-bond donors (Lipinski definition) is 1. The molecular formula is C21H17N3O4. The molecule has 0 spiro atoms. The van der Waals surface area contributed by atoms with Crippen LogP contribution in [0.2, 0.25) is 0 Å². The topological polar surface area (TPSA) is 96.4 Å². The lowest BCUT2D eigenvalue weighted by Crippen LogP contribution is -2.28. The Bertz CT molecular complexity index is 1290. The van der Waals surface area contributed by atoms with Gasteiger partial charge >= 0.3 is 5.97 Å². The van der Waals surface area contributed by atoms with Crippen LogP contribution < -0.4 is 16.0 Å². The van der Waals surface area contributed by atoms with Crippen molar-refractivity contribution in [3.05, 3.63) is 70.8 Å². The number of carbonyl (C=O) groups excluding carboxylic acids is 1. The van der Waals surface area contributed by atoms with E-state index in [0.29, 0.717) is 22.3 Å². The Hall–Kier alpha value is -3.87. The number of carbonyl (C=O) groups is 1. The van der Waals surface area contributed by atoms with Crippen molar-refractivity contribution >= 4 is 33.3 Å². The van der Waals surface area contributed by atoms with E-state index in [4.69, 9.17) is 15.2 Å². The van der Waals surface area contributed by atoms with Gasteiger partial charge in [0.05, 0.1) is 31.1 Å². The van der Waals surface area contributed by atoms with E-state index in [-0.39, 0.29) is 11.3 Å². The van der Waals surface area contributed by atoms with Crippen LogP contribution in [-0.2, 0) is 4.74 Å². The van der Waals surface area contributed by atoms with Gasteiger partial charge in [-0.3, -0.25) is 14.3 Å². The van der Waals surface area contributed by atoms with Gasteiger partial charge in [0.2, 0.25) is 0 Å². The van der Waals surface area contributed by atoms with Gasteiger partial charge in [-0.1, -0.05) is 12.1 Å². The molecule has 4 rings (SSSR count). The first-order valence-electron chi connectivity index (χ1n) is 8.50. The number of aromatic nitrogens is 2. The second kappa shape index (κ2) is 6.70. The molecule has 7 heteroatoms. The largest absolute Gasteiger partial charge is 0.497 e. The van der Waals surface area contributed by atoms with Gasteiger partial charge < -0.3 is 15.2 Å². The van der Waals surface area contributed by atoms with Crippen LogP contribution in [0, 0.1) is 0 Å². The summed E-state index contributed by atoms with van der Waals surface area (Å²) in [4.78, 5) is 29.8. The fourth-order valence-corrected chi connectivity index (χ4v) is 3.36. The molecule has 0 bridgehead atoms. The molecule has 2 N–H and O–H groups in total. The zero-order chi connectivity index (χ0) is 19.8. The van der Waals surface area contributed by atoms with Crippen LogP contribution in [0.25, 0.3) is 27.4 Å². The van der Waals surface area contributed by atoms with Crippen molar-refractivity contribution in [3.8, 4) is 11.4 Å². The van der Waals surface area contributed by atoms with Crippen LogP contribution in [0.4, 0.5) is 5.69 Å². The van der Waals surface area contributed by atoms with E-state index in [1.54, 1.807) is 43.8 Å². The van der Waals surface area contributed by atoms with Crippen molar-refractivity contribution in [3.63, 3.8) is 0 Å². The number of nitrogens with zero attached hydrogens (tertiary/aromatic N) is 2. The summed E-state index contributed by atoms with van der Waals surface area (Å²) in [6, 6.07) is 12.5. The Kier molecular flexibility index (Phi) is 4.19. The molecule has 0 radical (unpaired) electrons. The van der Waals surface area contributed by atoms with E-state index in [1.165, 1.54) is 11.7 Å². The molecule has 2 aromatic heterocycles. The molecule has 0 aliphatic rings. The highest BCUT2D eigenvalue weighted by molar-refractivity contribution is 6.05. The third kappa shape index (κ3) is 2.56. The highest BCUT2D eigenvalue weighted by atomic mass is 16.5. The van der Waals surface area contributed by atoms with E-state index >= 15 is 0 Å². The molecule has 2 heterocycles. The van der Waals surface area contributed by atoms with Crippen LogP contribution in [-0.4, -0.2) is 29.7 Å². The number of hydrogen-bond acceptors (Lipinski definition) is 6. The highest BCUT2D eigenvalue weighted by Crippen LogP contribution is 2.30. The summed E-state index contributed by atoms with van der Waals surface area (Å²) >= 11 is 0. The first-order chi connectivity index (χ1) is 13.6. The van der Waals surface area contributed by atoms with Gasteiger partial charge in [-0.15, -0.1) is 0 Å². The van der Waals surface area contributed by atoms with Crippen LogP contribution in [0.5, 0.6) is 5.75 Å². The first-order valence-corrected chi connectivity index (χ1v) is 8.50. The van der Waals surface area contributed by atoms with Crippen molar-refractivity contribution in [2.45, 2.75) is 0 Å². The maximum absolute atomic E-state index is 13.4. The molecule has 0 atom stereocenters. The molecule has 0 amide bonds.